The van der Waals surface area contributed by atoms with Crippen LogP contribution < -0.4 is 10.6 Å². The Morgan fingerprint density at radius 2 is 1.48 bits per heavy atom. The van der Waals surface area contributed by atoms with E-state index in [9.17, 15) is 0 Å². The first kappa shape index (κ1) is 32.0. The molecule has 0 bridgehead atoms. The highest BCUT2D eigenvalue weighted by Crippen LogP contribution is 2.45. The van der Waals surface area contributed by atoms with Gasteiger partial charge in [-0.15, -0.1) is 0 Å². The van der Waals surface area contributed by atoms with Crippen molar-refractivity contribution < 1.29 is 0 Å². The number of nitrogens with one attached hydrogen (secondary N) is 2. The van der Waals surface area contributed by atoms with Crippen LogP contribution in [0.25, 0.3) is 60.2 Å². The van der Waals surface area contributed by atoms with Crippen LogP contribution in [0.3, 0.4) is 0 Å². The molecule has 5 heterocycles. The van der Waals surface area contributed by atoms with Gasteiger partial charge in [0.25, 0.3) is 0 Å². The first-order valence-corrected chi connectivity index (χ1v) is 18.7. The molecular formula is C48H38N6. The van der Waals surface area contributed by atoms with Crippen LogP contribution in [0.5, 0.6) is 0 Å². The Bertz CT molecular complexity index is 2840. The van der Waals surface area contributed by atoms with Crippen molar-refractivity contribution in [2.45, 2.75) is 26.4 Å². The molecule has 2 unspecified atom stereocenters. The van der Waals surface area contributed by atoms with E-state index >= 15 is 0 Å². The second-order valence-electron chi connectivity index (χ2n) is 14.3. The Hall–Kier alpha value is -6.66. The fraction of sp³-hybridized carbons (Fsp3) is 0.125. The van der Waals surface area contributed by atoms with Gasteiger partial charge in [-0.05, 0) is 83.6 Å². The van der Waals surface area contributed by atoms with Gasteiger partial charge in [-0.2, -0.15) is 0 Å². The van der Waals surface area contributed by atoms with Gasteiger partial charge in [0.05, 0.1) is 28.1 Å². The van der Waals surface area contributed by atoms with Crippen LogP contribution in [-0.2, 0) is 0 Å². The van der Waals surface area contributed by atoms with Crippen LogP contribution in [0.15, 0.2) is 157 Å². The number of allylic oxidation sites excluding steroid dienone is 7. The van der Waals surface area contributed by atoms with E-state index in [1.54, 1.807) is 0 Å². The van der Waals surface area contributed by atoms with Gasteiger partial charge in [0, 0.05) is 69.4 Å². The molecule has 1 aliphatic carbocycles. The van der Waals surface area contributed by atoms with Gasteiger partial charge in [0.15, 0.2) is 0 Å². The zero-order valence-corrected chi connectivity index (χ0v) is 30.2. The van der Waals surface area contributed by atoms with Crippen molar-refractivity contribution in [3.8, 4) is 11.3 Å². The molecule has 3 aliphatic rings. The van der Waals surface area contributed by atoms with Crippen LogP contribution in [0.2, 0.25) is 0 Å². The normalized spacial score (nSPS) is 18.1. The van der Waals surface area contributed by atoms with E-state index in [1.165, 1.54) is 33.0 Å². The summed E-state index contributed by atoms with van der Waals surface area (Å²) in [6, 6.07) is 29.8. The van der Waals surface area contributed by atoms with Crippen molar-refractivity contribution in [3.05, 3.63) is 180 Å². The summed E-state index contributed by atoms with van der Waals surface area (Å²) in [6.45, 7) is 5.31. The number of benzene rings is 4. The summed E-state index contributed by atoms with van der Waals surface area (Å²) >= 11 is 0. The zero-order chi connectivity index (χ0) is 36.2. The lowest BCUT2D eigenvalue weighted by Crippen LogP contribution is -2.29. The lowest BCUT2D eigenvalue weighted by Gasteiger charge is -2.29. The van der Waals surface area contributed by atoms with Crippen molar-refractivity contribution in [3.63, 3.8) is 0 Å². The van der Waals surface area contributed by atoms with Crippen LogP contribution in [0.4, 0.5) is 0 Å². The molecule has 6 nitrogen and oxygen atoms in total. The van der Waals surface area contributed by atoms with Gasteiger partial charge in [-0.25, -0.2) is 9.97 Å². The molecule has 4 aromatic carbocycles. The third kappa shape index (κ3) is 5.33. The second-order valence-corrected chi connectivity index (χ2v) is 14.3. The Kier molecular flexibility index (Phi) is 7.76. The minimum Gasteiger partial charge on any atom is -0.387 e. The van der Waals surface area contributed by atoms with E-state index in [1.807, 2.05) is 18.5 Å². The number of pyridine rings is 3. The number of fused-ring (bicyclic) bond motifs is 6. The highest BCUT2D eigenvalue weighted by atomic mass is 15.1. The van der Waals surface area contributed by atoms with Crippen molar-refractivity contribution in [1.82, 2.24) is 25.6 Å². The average Bonchev–Trinajstić information content (AvgIpc) is 3.25. The molecule has 3 aromatic heterocycles. The molecule has 260 valence electrons. The van der Waals surface area contributed by atoms with Gasteiger partial charge in [-0.1, -0.05) is 97.1 Å². The van der Waals surface area contributed by atoms with E-state index in [0.29, 0.717) is 0 Å². The predicted molar refractivity (Wildman–Crippen MR) is 223 cm³/mol. The zero-order valence-electron chi connectivity index (χ0n) is 30.2. The minimum atomic E-state index is -0.276. The highest BCUT2D eigenvalue weighted by Gasteiger charge is 2.26. The average molecular weight is 699 g/mol. The number of nitrogens with zero attached hydrogens (tertiary/aromatic N) is 4. The molecule has 0 amide bonds. The Morgan fingerprint density at radius 1 is 0.704 bits per heavy atom. The molecule has 7 aromatic rings. The summed E-state index contributed by atoms with van der Waals surface area (Å²) in [5, 5.41) is 14.2. The first-order valence-electron chi connectivity index (χ1n) is 18.7. The molecule has 2 atom stereocenters. The first-order chi connectivity index (χ1) is 26.6. The number of aryl methyl sites for hydroxylation is 2. The molecule has 0 saturated heterocycles. The number of hydrogen-bond donors (Lipinski definition) is 2. The largest absolute Gasteiger partial charge is 0.387 e. The number of dihydropyridines is 1. The fourth-order valence-corrected chi connectivity index (χ4v) is 8.47. The maximum absolute atomic E-state index is 5.52. The quantitative estimate of drug-likeness (QED) is 0.138. The molecule has 0 radical (unpaired) electrons. The smallest absolute Gasteiger partial charge is 0.145 e. The Balaban J connectivity index is 1.24. The lowest BCUT2D eigenvalue weighted by atomic mass is 9.85. The summed E-state index contributed by atoms with van der Waals surface area (Å²) in [6.07, 6.45) is 21.9. The highest BCUT2D eigenvalue weighted by molar-refractivity contribution is 6.25. The molecular weight excluding hydrogens is 661 g/mol. The number of aromatic nitrogens is 3. The summed E-state index contributed by atoms with van der Waals surface area (Å²) in [7, 11) is 0. The molecule has 10 rings (SSSR count). The van der Waals surface area contributed by atoms with Crippen LogP contribution in [0.1, 0.15) is 40.5 Å². The van der Waals surface area contributed by atoms with E-state index in [-0.39, 0.29) is 12.1 Å². The topological polar surface area (TPSA) is 75.1 Å². The molecule has 2 aliphatic heterocycles. The van der Waals surface area contributed by atoms with Gasteiger partial charge in [0.1, 0.15) is 6.17 Å². The van der Waals surface area contributed by atoms with Gasteiger partial charge >= 0.3 is 0 Å². The Labute approximate surface area is 314 Å². The third-order valence-corrected chi connectivity index (χ3v) is 11.0. The van der Waals surface area contributed by atoms with Crippen LogP contribution in [-0.4, -0.2) is 27.2 Å². The SMILES string of the molecule is Cc1c2c(-c3cccnc3)nc3cc(C4N=C(c5ccccc5)C=C(C5C=CC=CC5)N4)ccc3c2c(C)c2c(C3=CNCC=C3)nc3ccccc3c12. The second kappa shape index (κ2) is 13.1. The van der Waals surface area contributed by atoms with Crippen LogP contribution in [0, 0.1) is 19.8 Å². The monoisotopic (exact) mass is 698 g/mol. The number of rotatable bonds is 5. The van der Waals surface area contributed by atoms with Crippen molar-refractivity contribution in [2.75, 3.05) is 6.54 Å². The standard InChI is InChI=1S/C48H38N6/c1-29-42-36-19-9-10-20-38(36)51-46(34-17-11-23-49-27-34)44(42)30(2)43-37-22-21-33(25-41(37)52-47(45(29)43)35-18-12-24-50-28-35)48-53-39(31-13-5-3-6-14-31)26-40(54-48)32-15-7-4-8-16-32/h3-15,17-22,24-28,32,48-49,54H,16,23H2,1-2H3. The summed E-state index contributed by atoms with van der Waals surface area (Å²) < 4.78 is 0. The van der Waals surface area contributed by atoms with Crippen molar-refractivity contribution >= 4 is 54.6 Å². The lowest BCUT2D eigenvalue weighted by molar-refractivity contribution is 0.559. The van der Waals surface area contributed by atoms with Crippen LogP contribution >= 0.6 is 0 Å². The van der Waals surface area contributed by atoms with E-state index < -0.39 is 0 Å². The molecule has 54 heavy (non-hydrogen) atoms. The summed E-state index contributed by atoms with van der Waals surface area (Å²) in [5.74, 6) is 0.258. The summed E-state index contributed by atoms with van der Waals surface area (Å²) in [5.41, 5.74) is 12.6. The Morgan fingerprint density at radius 3 is 2.26 bits per heavy atom. The molecule has 2 N–H and O–H groups in total. The van der Waals surface area contributed by atoms with Crippen molar-refractivity contribution in [1.29, 1.82) is 0 Å². The minimum absolute atomic E-state index is 0.258. The van der Waals surface area contributed by atoms with E-state index in [4.69, 9.17) is 15.0 Å². The molecule has 6 heteroatoms. The maximum atomic E-state index is 5.52. The summed E-state index contributed by atoms with van der Waals surface area (Å²) in [4.78, 5) is 20.7. The van der Waals surface area contributed by atoms with Gasteiger partial charge in [0.2, 0.25) is 0 Å². The molecule has 0 fully saturated rings. The van der Waals surface area contributed by atoms with Crippen molar-refractivity contribution in [2.24, 2.45) is 10.9 Å². The number of para-hydroxylation sites is 1. The number of hydrogen-bond acceptors (Lipinski definition) is 6. The predicted octanol–water partition coefficient (Wildman–Crippen LogP) is 10.4. The third-order valence-electron chi connectivity index (χ3n) is 11.0. The maximum Gasteiger partial charge on any atom is 0.145 e. The fourth-order valence-electron chi connectivity index (χ4n) is 8.47. The van der Waals surface area contributed by atoms with E-state index in [2.05, 4.69) is 157 Å². The molecule has 0 saturated carbocycles. The van der Waals surface area contributed by atoms with Gasteiger partial charge < -0.3 is 10.6 Å². The van der Waals surface area contributed by atoms with E-state index in [0.717, 1.165) is 79.5 Å². The van der Waals surface area contributed by atoms with Gasteiger partial charge in [-0.3, -0.25) is 9.98 Å². The molecule has 0 spiro atoms. The number of aliphatic imine (C=N–C) groups is 1.